The molecule has 0 spiro atoms. The predicted molar refractivity (Wildman–Crippen MR) is 139 cm³/mol. The van der Waals surface area contributed by atoms with Crippen LogP contribution in [0.5, 0.6) is 5.75 Å². The van der Waals surface area contributed by atoms with E-state index in [4.69, 9.17) is 4.74 Å². The molecule has 3 rings (SSSR count). The number of methoxy groups -OCH3 is 1. The number of unbranched alkanes of at least 4 members (excludes halogenated alkanes) is 2. The molecule has 0 saturated carbocycles. The van der Waals surface area contributed by atoms with Crippen molar-refractivity contribution in [3.63, 3.8) is 0 Å². The van der Waals surface area contributed by atoms with E-state index < -0.39 is 17.7 Å². The van der Waals surface area contributed by atoms with E-state index in [-0.39, 0.29) is 23.6 Å². The fourth-order valence-corrected chi connectivity index (χ4v) is 5.21. The number of carboxylic acid groups (broad SMARTS) is 1. The maximum Gasteiger partial charge on any atom is 0.408 e. The Labute approximate surface area is 214 Å². The highest BCUT2D eigenvalue weighted by Gasteiger charge is 2.49. The Kier molecular flexibility index (Phi) is 8.64. The molecule has 0 radical (unpaired) electrons. The Bertz CT molecular complexity index is 1020. The summed E-state index contributed by atoms with van der Waals surface area (Å²) in [5.41, 5.74) is 0.886. The van der Waals surface area contributed by atoms with E-state index in [0.29, 0.717) is 18.8 Å². The minimum atomic E-state index is -1.12. The molecule has 1 atom stereocenters. The highest BCUT2D eigenvalue weighted by Crippen LogP contribution is 2.40. The fourth-order valence-electron chi connectivity index (χ4n) is 5.21. The number of carbonyl (C=O) groups excluding carboxylic acids is 1. The van der Waals surface area contributed by atoms with Crippen molar-refractivity contribution in [3.05, 3.63) is 65.5 Å². The second-order valence-corrected chi connectivity index (χ2v) is 10.8. The number of hydrogen-bond donors (Lipinski definition) is 1. The number of rotatable bonds is 10. The van der Waals surface area contributed by atoms with Crippen molar-refractivity contribution in [2.75, 3.05) is 20.2 Å². The van der Waals surface area contributed by atoms with Gasteiger partial charge >= 0.3 is 6.09 Å². The molecule has 1 aliphatic heterocycles. The third kappa shape index (κ3) is 6.18. The lowest BCUT2D eigenvalue weighted by molar-refractivity contribution is -0.146. The molecule has 1 heterocycles. The number of halogens is 1. The molecule has 1 fully saturated rings. The molecule has 2 amide bonds. The minimum Gasteiger partial charge on any atom is -0.497 e. The molecule has 0 unspecified atom stereocenters. The molecule has 0 aliphatic carbocycles. The summed E-state index contributed by atoms with van der Waals surface area (Å²) in [6.07, 6.45) is 3.25. The second-order valence-electron chi connectivity index (χ2n) is 10.8. The topological polar surface area (TPSA) is 70.1 Å². The summed E-state index contributed by atoms with van der Waals surface area (Å²) in [5.74, 6) is 0.222. The Morgan fingerprint density at radius 3 is 2.19 bits per heavy atom. The number of likely N-dealkylation sites (tertiary alicyclic amines) is 1. The number of amides is 2. The Balaban J connectivity index is 1.88. The molecule has 7 heteroatoms. The zero-order valence-electron chi connectivity index (χ0n) is 22.1. The van der Waals surface area contributed by atoms with Crippen LogP contribution in [0.15, 0.2) is 48.5 Å². The summed E-state index contributed by atoms with van der Waals surface area (Å²) in [6.45, 7) is 8.56. The molecule has 196 valence electrons. The van der Waals surface area contributed by atoms with Crippen molar-refractivity contribution in [1.82, 2.24) is 9.80 Å². The van der Waals surface area contributed by atoms with Gasteiger partial charge in [0.15, 0.2) is 0 Å². The third-order valence-electron chi connectivity index (χ3n) is 7.13. The van der Waals surface area contributed by atoms with Crippen molar-refractivity contribution in [3.8, 4) is 5.75 Å². The van der Waals surface area contributed by atoms with Gasteiger partial charge in [0.25, 0.3) is 0 Å². The van der Waals surface area contributed by atoms with Crippen LogP contribution < -0.4 is 4.74 Å². The lowest BCUT2D eigenvalue weighted by Crippen LogP contribution is -2.66. The molecule has 36 heavy (non-hydrogen) atoms. The molecule has 6 nitrogen and oxygen atoms in total. The van der Waals surface area contributed by atoms with Crippen molar-refractivity contribution in [1.29, 1.82) is 0 Å². The molecule has 0 aromatic heterocycles. The molecular formula is C29H39FN2O4. The van der Waals surface area contributed by atoms with Gasteiger partial charge in [-0.05, 0) is 62.6 Å². The average Bonchev–Trinajstić information content (AvgIpc) is 2.80. The summed E-state index contributed by atoms with van der Waals surface area (Å²) < 4.78 is 18.8. The van der Waals surface area contributed by atoms with Crippen LogP contribution in [-0.2, 0) is 16.6 Å². The average molecular weight is 499 g/mol. The fraction of sp³-hybridized carbons (Fsp3) is 0.517. The van der Waals surface area contributed by atoms with E-state index >= 15 is 0 Å². The Morgan fingerprint density at radius 1 is 1.08 bits per heavy atom. The summed E-state index contributed by atoms with van der Waals surface area (Å²) in [4.78, 5) is 29.3. The normalized spacial score (nSPS) is 15.7. The monoisotopic (exact) mass is 498 g/mol. The number of benzene rings is 2. The van der Waals surface area contributed by atoms with Crippen LogP contribution in [0.2, 0.25) is 0 Å². The largest absolute Gasteiger partial charge is 0.497 e. The first-order chi connectivity index (χ1) is 17.0. The van der Waals surface area contributed by atoms with E-state index in [1.54, 1.807) is 32.8 Å². The van der Waals surface area contributed by atoms with E-state index in [0.717, 1.165) is 36.8 Å². The second kappa shape index (κ2) is 11.3. The molecule has 1 aliphatic rings. The number of hydrogen-bond acceptors (Lipinski definition) is 3. The van der Waals surface area contributed by atoms with Gasteiger partial charge in [0.2, 0.25) is 5.91 Å². The van der Waals surface area contributed by atoms with E-state index in [2.05, 4.69) is 6.92 Å². The van der Waals surface area contributed by atoms with Gasteiger partial charge in [-0.25, -0.2) is 9.18 Å². The Morgan fingerprint density at radius 2 is 1.69 bits per heavy atom. The summed E-state index contributed by atoms with van der Waals surface area (Å²) in [6, 6.07) is 13.1. The van der Waals surface area contributed by atoms with Gasteiger partial charge < -0.3 is 14.7 Å². The van der Waals surface area contributed by atoms with Gasteiger partial charge in [-0.1, -0.05) is 50.5 Å². The SMILES string of the molecule is CCCCCC1(c2ccc(F)cc2)CN(C(=O)[C@@H](Cc2ccc(OC)cc2)N(C(=O)O)C(C)(C)C)C1. The van der Waals surface area contributed by atoms with Crippen molar-refractivity contribution in [2.24, 2.45) is 0 Å². The molecule has 1 N–H and O–H groups in total. The number of carbonyl (C=O) groups is 2. The van der Waals surface area contributed by atoms with Crippen LogP contribution in [0.4, 0.5) is 9.18 Å². The standard InChI is InChI=1S/C29H39FN2O4/c1-6-7-8-17-29(22-11-13-23(30)14-12-22)19-31(20-29)26(33)25(32(27(34)35)28(2,3)4)18-21-9-15-24(36-5)16-10-21/h9-16,25H,6-8,17-20H2,1-5H3,(H,34,35)/t25-/m1/s1. The summed E-state index contributed by atoms with van der Waals surface area (Å²) in [7, 11) is 1.59. The molecule has 2 aromatic carbocycles. The van der Waals surface area contributed by atoms with Gasteiger partial charge in [0, 0.05) is 30.5 Å². The van der Waals surface area contributed by atoms with Crippen LogP contribution in [-0.4, -0.2) is 58.7 Å². The first kappa shape index (κ1) is 27.5. The lowest BCUT2D eigenvalue weighted by Gasteiger charge is -2.53. The maximum atomic E-state index is 13.9. The molecule has 1 saturated heterocycles. The van der Waals surface area contributed by atoms with Crippen molar-refractivity contribution in [2.45, 2.75) is 76.8 Å². The molecule has 2 aromatic rings. The maximum absolute atomic E-state index is 13.9. The zero-order valence-corrected chi connectivity index (χ0v) is 22.1. The van der Waals surface area contributed by atoms with Crippen molar-refractivity contribution >= 4 is 12.0 Å². The van der Waals surface area contributed by atoms with Crippen molar-refractivity contribution < 1.29 is 23.8 Å². The first-order valence-electron chi connectivity index (χ1n) is 12.7. The first-order valence-corrected chi connectivity index (χ1v) is 12.7. The zero-order chi connectivity index (χ0) is 26.5. The number of nitrogens with zero attached hydrogens (tertiary/aromatic N) is 2. The van der Waals surface area contributed by atoms with Gasteiger partial charge in [-0.15, -0.1) is 0 Å². The van der Waals surface area contributed by atoms with E-state index in [1.807, 2.05) is 36.4 Å². The number of ether oxygens (including phenoxy) is 1. The van der Waals surface area contributed by atoms with E-state index in [1.165, 1.54) is 17.0 Å². The quantitative estimate of drug-likeness (QED) is 0.415. The van der Waals surface area contributed by atoms with Crippen LogP contribution >= 0.6 is 0 Å². The van der Waals surface area contributed by atoms with Gasteiger partial charge in [0.1, 0.15) is 17.6 Å². The van der Waals surface area contributed by atoms with Gasteiger partial charge in [-0.3, -0.25) is 9.69 Å². The van der Waals surface area contributed by atoms with Crippen LogP contribution in [0, 0.1) is 5.82 Å². The molecular weight excluding hydrogens is 459 g/mol. The highest BCUT2D eigenvalue weighted by atomic mass is 19.1. The highest BCUT2D eigenvalue weighted by molar-refractivity contribution is 5.87. The van der Waals surface area contributed by atoms with Gasteiger partial charge in [0.05, 0.1) is 7.11 Å². The van der Waals surface area contributed by atoms with Crippen LogP contribution in [0.25, 0.3) is 0 Å². The van der Waals surface area contributed by atoms with Crippen LogP contribution in [0.3, 0.4) is 0 Å². The summed E-state index contributed by atoms with van der Waals surface area (Å²) in [5, 5.41) is 10.1. The van der Waals surface area contributed by atoms with Crippen LogP contribution in [0.1, 0.15) is 64.5 Å². The summed E-state index contributed by atoms with van der Waals surface area (Å²) >= 11 is 0. The van der Waals surface area contributed by atoms with E-state index in [9.17, 15) is 19.1 Å². The Hall–Kier alpha value is -3.09. The van der Waals surface area contributed by atoms with Gasteiger partial charge in [-0.2, -0.15) is 0 Å². The lowest BCUT2D eigenvalue weighted by atomic mass is 9.70. The predicted octanol–water partition coefficient (Wildman–Crippen LogP) is 5.88. The molecule has 0 bridgehead atoms. The smallest absolute Gasteiger partial charge is 0.408 e. The third-order valence-corrected chi connectivity index (χ3v) is 7.13. The minimum absolute atomic E-state index is 0.198.